The summed E-state index contributed by atoms with van der Waals surface area (Å²) >= 11 is 0. The predicted octanol–water partition coefficient (Wildman–Crippen LogP) is 1.23. The summed E-state index contributed by atoms with van der Waals surface area (Å²) in [5.41, 5.74) is 0.00142. The van der Waals surface area contributed by atoms with E-state index in [9.17, 15) is 13.6 Å². The number of carbonyl (C=O) groups excluding carboxylic acids is 1. The SMILES string of the molecule is CN(CC(=O)Nc1ccc(F)cc1F)C1CNC1.Cl. The quantitative estimate of drug-likeness (QED) is 0.877. The molecule has 4 nitrogen and oxygen atoms in total. The lowest BCUT2D eigenvalue weighted by atomic mass is 10.1. The number of carbonyl (C=O) groups is 1. The maximum Gasteiger partial charge on any atom is 0.238 e. The van der Waals surface area contributed by atoms with Crippen LogP contribution in [0.2, 0.25) is 0 Å². The summed E-state index contributed by atoms with van der Waals surface area (Å²) in [6.07, 6.45) is 0. The number of amides is 1. The molecule has 0 aliphatic carbocycles. The van der Waals surface area contributed by atoms with Gasteiger partial charge in [0.1, 0.15) is 11.6 Å². The van der Waals surface area contributed by atoms with Gasteiger partial charge in [-0.3, -0.25) is 9.69 Å². The van der Waals surface area contributed by atoms with E-state index in [2.05, 4.69) is 10.6 Å². The van der Waals surface area contributed by atoms with Gasteiger partial charge < -0.3 is 10.6 Å². The second-order valence-electron chi connectivity index (χ2n) is 4.40. The smallest absolute Gasteiger partial charge is 0.238 e. The van der Waals surface area contributed by atoms with Crippen LogP contribution in [0.1, 0.15) is 0 Å². The third kappa shape index (κ3) is 4.12. The second kappa shape index (κ2) is 6.79. The van der Waals surface area contributed by atoms with E-state index in [0.29, 0.717) is 6.04 Å². The molecule has 1 fully saturated rings. The van der Waals surface area contributed by atoms with Crippen molar-refractivity contribution in [2.24, 2.45) is 0 Å². The van der Waals surface area contributed by atoms with Crippen LogP contribution in [0.4, 0.5) is 14.5 Å². The molecule has 19 heavy (non-hydrogen) atoms. The Morgan fingerprint density at radius 2 is 2.16 bits per heavy atom. The van der Waals surface area contributed by atoms with Crippen LogP contribution in [-0.2, 0) is 4.79 Å². The van der Waals surface area contributed by atoms with Gasteiger partial charge in [-0.1, -0.05) is 0 Å². The van der Waals surface area contributed by atoms with Gasteiger partial charge in [-0.05, 0) is 19.2 Å². The van der Waals surface area contributed by atoms with Gasteiger partial charge >= 0.3 is 0 Å². The molecule has 1 saturated heterocycles. The molecular weight excluding hydrogens is 276 g/mol. The Hall–Kier alpha value is -1.24. The average Bonchev–Trinajstić information content (AvgIpc) is 2.19. The van der Waals surface area contributed by atoms with Crippen molar-refractivity contribution in [3.63, 3.8) is 0 Å². The van der Waals surface area contributed by atoms with E-state index in [4.69, 9.17) is 0 Å². The molecule has 0 bridgehead atoms. The van der Waals surface area contributed by atoms with Crippen molar-refractivity contribution in [3.05, 3.63) is 29.8 Å². The highest BCUT2D eigenvalue weighted by molar-refractivity contribution is 5.92. The fourth-order valence-electron chi connectivity index (χ4n) is 1.72. The van der Waals surface area contributed by atoms with Crippen LogP contribution in [0.25, 0.3) is 0 Å². The molecule has 0 spiro atoms. The van der Waals surface area contributed by atoms with Gasteiger partial charge in [0.2, 0.25) is 5.91 Å². The molecule has 0 saturated carbocycles. The van der Waals surface area contributed by atoms with Crippen molar-refractivity contribution in [1.29, 1.82) is 0 Å². The molecular formula is C12H16ClF2N3O. The number of nitrogens with zero attached hydrogens (tertiary/aromatic N) is 1. The van der Waals surface area contributed by atoms with Crippen LogP contribution in [0.3, 0.4) is 0 Å². The number of likely N-dealkylation sites (N-methyl/N-ethyl adjacent to an activating group) is 1. The van der Waals surface area contributed by atoms with Crippen molar-refractivity contribution in [2.75, 3.05) is 32.0 Å². The third-order valence-corrected chi connectivity index (χ3v) is 2.98. The standard InChI is InChI=1S/C12H15F2N3O.ClH/c1-17(9-5-15-6-9)7-12(18)16-11-3-2-8(13)4-10(11)14;/h2-4,9,15H,5-7H2,1H3,(H,16,18);1H. The topological polar surface area (TPSA) is 44.4 Å². The van der Waals surface area contributed by atoms with Gasteiger partial charge in [0.05, 0.1) is 12.2 Å². The maximum atomic E-state index is 13.3. The van der Waals surface area contributed by atoms with Crippen LogP contribution in [-0.4, -0.2) is 43.5 Å². The number of hydrogen-bond donors (Lipinski definition) is 2. The lowest BCUT2D eigenvalue weighted by Gasteiger charge is -2.35. The normalized spacial score (nSPS) is 14.7. The molecule has 1 aromatic carbocycles. The zero-order valence-corrected chi connectivity index (χ0v) is 11.3. The number of halogens is 3. The van der Waals surface area contributed by atoms with Crippen molar-refractivity contribution >= 4 is 24.0 Å². The van der Waals surface area contributed by atoms with Gasteiger partial charge in [0.15, 0.2) is 0 Å². The Kier molecular flexibility index (Phi) is 5.65. The molecule has 1 aliphatic heterocycles. The van der Waals surface area contributed by atoms with E-state index >= 15 is 0 Å². The van der Waals surface area contributed by atoms with E-state index in [1.54, 1.807) is 0 Å². The Morgan fingerprint density at radius 3 is 2.68 bits per heavy atom. The van der Waals surface area contributed by atoms with Gasteiger partial charge in [-0.15, -0.1) is 12.4 Å². The number of rotatable bonds is 4. The van der Waals surface area contributed by atoms with Crippen molar-refractivity contribution in [1.82, 2.24) is 10.2 Å². The van der Waals surface area contributed by atoms with Crippen LogP contribution in [0.5, 0.6) is 0 Å². The number of anilines is 1. The monoisotopic (exact) mass is 291 g/mol. The Morgan fingerprint density at radius 1 is 1.47 bits per heavy atom. The molecule has 2 rings (SSSR count). The predicted molar refractivity (Wildman–Crippen MR) is 71.5 cm³/mol. The minimum Gasteiger partial charge on any atom is -0.322 e. The molecule has 1 amide bonds. The molecule has 1 aromatic rings. The van der Waals surface area contributed by atoms with Crippen molar-refractivity contribution < 1.29 is 13.6 Å². The molecule has 7 heteroatoms. The summed E-state index contributed by atoms with van der Waals surface area (Å²) in [6, 6.07) is 3.41. The molecule has 0 aromatic heterocycles. The van der Waals surface area contributed by atoms with E-state index in [1.165, 1.54) is 6.07 Å². The summed E-state index contributed by atoms with van der Waals surface area (Å²) in [7, 11) is 1.84. The second-order valence-corrected chi connectivity index (χ2v) is 4.40. The minimum atomic E-state index is -0.767. The van der Waals surface area contributed by atoms with Crippen LogP contribution in [0, 0.1) is 11.6 Å². The summed E-state index contributed by atoms with van der Waals surface area (Å²) in [5.74, 6) is -1.74. The molecule has 2 N–H and O–H groups in total. The summed E-state index contributed by atoms with van der Waals surface area (Å²) in [6.45, 7) is 1.90. The van der Waals surface area contributed by atoms with Crippen LogP contribution >= 0.6 is 12.4 Å². The van der Waals surface area contributed by atoms with Crippen LogP contribution < -0.4 is 10.6 Å². The molecule has 0 unspecified atom stereocenters. The number of nitrogens with one attached hydrogen (secondary N) is 2. The highest BCUT2D eigenvalue weighted by Crippen LogP contribution is 2.14. The lowest BCUT2D eigenvalue weighted by Crippen LogP contribution is -2.57. The number of hydrogen-bond acceptors (Lipinski definition) is 3. The first-order valence-electron chi connectivity index (χ1n) is 5.72. The zero-order valence-electron chi connectivity index (χ0n) is 10.5. The first-order chi connectivity index (χ1) is 8.56. The Bertz CT molecular complexity index is 455. The molecule has 1 aliphatic rings. The highest BCUT2D eigenvalue weighted by atomic mass is 35.5. The van der Waals surface area contributed by atoms with Gasteiger partial charge in [0, 0.05) is 25.2 Å². The lowest BCUT2D eigenvalue weighted by molar-refractivity contribution is -0.117. The molecule has 1 heterocycles. The van der Waals surface area contributed by atoms with E-state index < -0.39 is 11.6 Å². The largest absolute Gasteiger partial charge is 0.322 e. The summed E-state index contributed by atoms with van der Waals surface area (Å²) < 4.78 is 26.0. The Labute approximate surface area is 116 Å². The Balaban J connectivity index is 0.00000180. The fourth-order valence-corrected chi connectivity index (χ4v) is 1.72. The van der Waals surface area contributed by atoms with Gasteiger partial charge in [-0.2, -0.15) is 0 Å². The zero-order chi connectivity index (χ0) is 13.1. The molecule has 0 atom stereocenters. The van der Waals surface area contributed by atoms with Crippen LogP contribution in [0.15, 0.2) is 18.2 Å². The fraction of sp³-hybridized carbons (Fsp3) is 0.417. The summed E-state index contributed by atoms with van der Waals surface area (Å²) in [4.78, 5) is 13.6. The highest BCUT2D eigenvalue weighted by Gasteiger charge is 2.23. The van der Waals surface area contributed by atoms with E-state index in [1.807, 2.05) is 11.9 Å². The van der Waals surface area contributed by atoms with E-state index in [-0.39, 0.29) is 30.5 Å². The average molecular weight is 292 g/mol. The van der Waals surface area contributed by atoms with E-state index in [0.717, 1.165) is 25.2 Å². The van der Waals surface area contributed by atoms with Crippen molar-refractivity contribution in [2.45, 2.75) is 6.04 Å². The van der Waals surface area contributed by atoms with Crippen molar-refractivity contribution in [3.8, 4) is 0 Å². The minimum absolute atomic E-state index is 0. The van der Waals surface area contributed by atoms with Gasteiger partial charge in [-0.25, -0.2) is 8.78 Å². The first-order valence-corrected chi connectivity index (χ1v) is 5.72. The maximum absolute atomic E-state index is 13.3. The third-order valence-electron chi connectivity index (χ3n) is 2.98. The van der Waals surface area contributed by atoms with Gasteiger partial charge in [0.25, 0.3) is 0 Å². The molecule has 0 radical (unpaired) electrons. The first kappa shape index (κ1) is 15.8. The number of benzene rings is 1. The molecule has 106 valence electrons. The summed E-state index contributed by atoms with van der Waals surface area (Å²) in [5, 5.41) is 5.53.